The van der Waals surface area contributed by atoms with Crippen LogP contribution in [0.5, 0.6) is 0 Å². The molecule has 0 N–H and O–H groups in total. The van der Waals surface area contributed by atoms with Crippen molar-refractivity contribution in [1.82, 2.24) is 0 Å². The number of unbranched alkanes of at least 4 members (excludes halogenated alkanes) is 6. The summed E-state index contributed by atoms with van der Waals surface area (Å²) < 4.78 is 0. The average Bonchev–Trinajstić information content (AvgIpc) is 2.38. The molecular weight excluding hydrogens is 244 g/mol. The van der Waals surface area contributed by atoms with E-state index in [0.717, 1.165) is 12.8 Å². The standard InChI is InChI=1S/C16H23ClO/c1-2-3-4-5-6-7-8-13-16(18)14-11-9-10-12-15(14)17/h9-12H,2-8,13H2,1H3. The van der Waals surface area contributed by atoms with Crippen molar-refractivity contribution in [2.24, 2.45) is 0 Å². The van der Waals surface area contributed by atoms with Crippen LogP contribution in [0.1, 0.15) is 68.6 Å². The van der Waals surface area contributed by atoms with Gasteiger partial charge in [0.25, 0.3) is 0 Å². The van der Waals surface area contributed by atoms with Crippen molar-refractivity contribution in [3.8, 4) is 0 Å². The van der Waals surface area contributed by atoms with Gasteiger partial charge in [-0.3, -0.25) is 4.79 Å². The first-order chi connectivity index (χ1) is 8.75. The van der Waals surface area contributed by atoms with Crippen molar-refractivity contribution >= 4 is 17.4 Å². The molecule has 18 heavy (non-hydrogen) atoms. The topological polar surface area (TPSA) is 17.1 Å². The molecule has 1 nitrogen and oxygen atoms in total. The van der Waals surface area contributed by atoms with E-state index in [0.29, 0.717) is 17.0 Å². The third-order valence-corrected chi connectivity index (χ3v) is 3.51. The van der Waals surface area contributed by atoms with Crippen LogP contribution in [-0.4, -0.2) is 5.78 Å². The van der Waals surface area contributed by atoms with Gasteiger partial charge in [0.15, 0.2) is 5.78 Å². The van der Waals surface area contributed by atoms with Crippen molar-refractivity contribution in [3.05, 3.63) is 34.9 Å². The second-order valence-corrected chi connectivity index (χ2v) is 5.18. The maximum absolute atomic E-state index is 11.9. The largest absolute Gasteiger partial charge is 0.294 e. The Labute approximate surface area is 116 Å². The lowest BCUT2D eigenvalue weighted by atomic mass is 10.0. The average molecular weight is 267 g/mol. The van der Waals surface area contributed by atoms with E-state index in [-0.39, 0.29) is 5.78 Å². The van der Waals surface area contributed by atoms with E-state index in [4.69, 9.17) is 11.6 Å². The number of rotatable bonds is 9. The molecule has 0 atom stereocenters. The first-order valence-corrected chi connectivity index (χ1v) is 7.41. The van der Waals surface area contributed by atoms with Crippen LogP contribution in [0.15, 0.2) is 24.3 Å². The number of carbonyl (C=O) groups excluding carboxylic acids is 1. The summed E-state index contributed by atoms with van der Waals surface area (Å²) in [5, 5.41) is 0.574. The second-order valence-electron chi connectivity index (χ2n) is 4.77. The number of hydrogen-bond acceptors (Lipinski definition) is 1. The van der Waals surface area contributed by atoms with Gasteiger partial charge in [-0.2, -0.15) is 0 Å². The fraction of sp³-hybridized carbons (Fsp3) is 0.562. The van der Waals surface area contributed by atoms with Gasteiger partial charge in [-0.25, -0.2) is 0 Å². The van der Waals surface area contributed by atoms with Gasteiger partial charge in [0.1, 0.15) is 0 Å². The summed E-state index contributed by atoms with van der Waals surface area (Å²) in [6, 6.07) is 7.31. The Bertz CT molecular complexity index is 360. The first kappa shape index (κ1) is 15.2. The molecule has 1 aromatic rings. The van der Waals surface area contributed by atoms with Gasteiger partial charge in [0, 0.05) is 12.0 Å². The third-order valence-electron chi connectivity index (χ3n) is 3.18. The summed E-state index contributed by atoms with van der Waals surface area (Å²) in [5.74, 6) is 0.175. The summed E-state index contributed by atoms with van der Waals surface area (Å²) >= 11 is 6.00. The van der Waals surface area contributed by atoms with Crippen molar-refractivity contribution in [3.63, 3.8) is 0 Å². The quantitative estimate of drug-likeness (QED) is 0.416. The highest BCUT2D eigenvalue weighted by Crippen LogP contribution is 2.18. The molecule has 0 fully saturated rings. The van der Waals surface area contributed by atoms with E-state index >= 15 is 0 Å². The zero-order valence-corrected chi connectivity index (χ0v) is 12.0. The van der Waals surface area contributed by atoms with Gasteiger partial charge in [-0.15, -0.1) is 0 Å². The molecule has 0 saturated carbocycles. The molecule has 0 spiro atoms. The van der Waals surface area contributed by atoms with Crippen molar-refractivity contribution in [2.75, 3.05) is 0 Å². The highest BCUT2D eigenvalue weighted by molar-refractivity contribution is 6.33. The fourth-order valence-corrected chi connectivity index (χ4v) is 2.31. The summed E-state index contributed by atoms with van der Waals surface area (Å²) in [7, 11) is 0. The van der Waals surface area contributed by atoms with Crippen LogP contribution in [-0.2, 0) is 0 Å². The molecule has 0 amide bonds. The molecular formula is C16H23ClO. The van der Waals surface area contributed by atoms with E-state index in [1.807, 2.05) is 18.2 Å². The number of ketones is 1. The summed E-state index contributed by atoms with van der Waals surface area (Å²) in [6.07, 6.45) is 9.25. The molecule has 100 valence electrons. The number of benzene rings is 1. The highest BCUT2D eigenvalue weighted by atomic mass is 35.5. The molecule has 0 aliphatic carbocycles. The van der Waals surface area contributed by atoms with Gasteiger partial charge in [0.2, 0.25) is 0 Å². The van der Waals surface area contributed by atoms with Crippen LogP contribution in [0.4, 0.5) is 0 Å². The minimum atomic E-state index is 0.175. The lowest BCUT2D eigenvalue weighted by Gasteiger charge is -2.03. The Morgan fingerprint density at radius 2 is 1.61 bits per heavy atom. The molecule has 0 unspecified atom stereocenters. The number of Topliss-reactive ketones (excluding diaryl/α,β-unsaturated/α-hetero) is 1. The van der Waals surface area contributed by atoms with Crippen LogP contribution in [0, 0.1) is 0 Å². The third kappa shape index (κ3) is 5.68. The summed E-state index contributed by atoms with van der Waals surface area (Å²) in [5.41, 5.74) is 0.671. The Hall–Kier alpha value is -0.820. The van der Waals surface area contributed by atoms with Crippen LogP contribution in [0.2, 0.25) is 5.02 Å². The Kier molecular flexibility index (Phi) is 7.75. The predicted octanol–water partition coefficient (Wildman–Crippen LogP) is 5.66. The van der Waals surface area contributed by atoms with Crippen molar-refractivity contribution in [2.45, 2.75) is 58.3 Å². The molecule has 0 saturated heterocycles. The zero-order chi connectivity index (χ0) is 13.2. The minimum Gasteiger partial charge on any atom is -0.294 e. The SMILES string of the molecule is CCCCCCCCCC(=O)c1ccccc1Cl. The Balaban J connectivity index is 2.16. The number of hydrogen-bond donors (Lipinski definition) is 0. The van der Waals surface area contributed by atoms with E-state index < -0.39 is 0 Å². The maximum Gasteiger partial charge on any atom is 0.164 e. The Morgan fingerprint density at radius 1 is 1.00 bits per heavy atom. The van der Waals surface area contributed by atoms with Gasteiger partial charge in [-0.05, 0) is 18.6 Å². The molecule has 0 heterocycles. The number of carbonyl (C=O) groups is 1. The molecule has 1 aromatic carbocycles. The monoisotopic (exact) mass is 266 g/mol. The van der Waals surface area contributed by atoms with Crippen LogP contribution >= 0.6 is 11.6 Å². The van der Waals surface area contributed by atoms with Gasteiger partial charge in [-0.1, -0.05) is 69.2 Å². The van der Waals surface area contributed by atoms with Gasteiger partial charge in [0.05, 0.1) is 5.02 Å². The van der Waals surface area contributed by atoms with E-state index in [1.165, 1.54) is 32.1 Å². The summed E-state index contributed by atoms with van der Waals surface area (Å²) in [4.78, 5) is 11.9. The normalized spacial score (nSPS) is 10.6. The fourth-order valence-electron chi connectivity index (χ4n) is 2.06. The smallest absolute Gasteiger partial charge is 0.164 e. The van der Waals surface area contributed by atoms with Crippen LogP contribution in [0.25, 0.3) is 0 Å². The molecule has 2 heteroatoms. The molecule has 0 bridgehead atoms. The lowest BCUT2D eigenvalue weighted by molar-refractivity contribution is 0.0979. The highest BCUT2D eigenvalue weighted by Gasteiger charge is 2.08. The molecule has 0 radical (unpaired) electrons. The lowest BCUT2D eigenvalue weighted by Crippen LogP contribution is -1.99. The second kappa shape index (κ2) is 9.16. The molecule has 1 rings (SSSR count). The van der Waals surface area contributed by atoms with Crippen molar-refractivity contribution in [1.29, 1.82) is 0 Å². The van der Waals surface area contributed by atoms with Crippen LogP contribution in [0.3, 0.4) is 0 Å². The van der Waals surface area contributed by atoms with Gasteiger partial charge < -0.3 is 0 Å². The van der Waals surface area contributed by atoms with Crippen LogP contribution < -0.4 is 0 Å². The predicted molar refractivity (Wildman–Crippen MR) is 78.4 cm³/mol. The molecule has 0 aromatic heterocycles. The summed E-state index contributed by atoms with van der Waals surface area (Å²) in [6.45, 7) is 2.22. The zero-order valence-electron chi connectivity index (χ0n) is 11.3. The minimum absolute atomic E-state index is 0.175. The van der Waals surface area contributed by atoms with Crippen molar-refractivity contribution < 1.29 is 4.79 Å². The molecule has 0 aliphatic heterocycles. The Morgan fingerprint density at radius 3 is 2.28 bits per heavy atom. The molecule has 0 aliphatic rings. The van der Waals surface area contributed by atoms with Gasteiger partial charge >= 0.3 is 0 Å². The van der Waals surface area contributed by atoms with E-state index in [9.17, 15) is 4.79 Å². The van der Waals surface area contributed by atoms with E-state index in [2.05, 4.69) is 6.92 Å². The first-order valence-electron chi connectivity index (χ1n) is 7.03. The van der Waals surface area contributed by atoms with E-state index in [1.54, 1.807) is 6.07 Å². The number of halogens is 1. The maximum atomic E-state index is 11.9.